The molecule has 2 heterocycles. The molecule has 122 valence electrons. The number of allylic oxidation sites excluding steroid dienone is 6. The second kappa shape index (κ2) is 6.50. The number of rotatable bonds is 1. The van der Waals surface area contributed by atoms with Crippen molar-refractivity contribution >= 4 is 23.4 Å². The molecule has 2 unspecified atom stereocenters. The van der Waals surface area contributed by atoms with Gasteiger partial charge in [-0.2, -0.15) is 0 Å². The van der Waals surface area contributed by atoms with E-state index >= 15 is 0 Å². The highest BCUT2D eigenvalue weighted by Crippen LogP contribution is 2.49. The fourth-order valence-corrected chi connectivity index (χ4v) is 5.31. The summed E-state index contributed by atoms with van der Waals surface area (Å²) in [7, 11) is 0. The zero-order valence-electron chi connectivity index (χ0n) is 12.7. The predicted molar refractivity (Wildman–Crippen MR) is 93.5 cm³/mol. The van der Waals surface area contributed by atoms with Crippen LogP contribution in [0, 0.1) is 11.8 Å². The summed E-state index contributed by atoms with van der Waals surface area (Å²) in [6, 6.07) is 0. The van der Waals surface area contributed by atoms with Gasteiger partial charge in [0, 0.05) is 21.4 Å². The van der Waals surface area contributed by atoms with E-state index in [0.717, 1.165) is 35.9 Å². The van der Waals surface area contributed by atoms with Crippen molar-refractivity contribution in [1.82, 2.24) is 5.32 Å². The molecular weight excluding hydrogens is 333 g/mol. The summed E-state index contributed by atoms with van der Waals surface area (Å²) < 4.78 is 19.4. The third kappa shape index (κ3) is 3.17. The fourth-order valence-electron chi connectivity index (χ4n) is 3.68. The van der Waals surface area contributed by atoms with E-state index in [1.807, 2.05) is 12.2 Å². The van der Waals surface area contributed by atoms with Crippen LogP contribution < -0.4 is 5.32 Å². The van der Waals surface area contributed by atoms with E-state index in [9.17, 15) is 4.39 Å². The molecule has 0 spiro atoms. The Balaban J connectivity index is 1.65. The molecule has 0 aromatic carbocycles. The van der Waals surface area contributed by atoms with Crippen LogP contribution in [0.5, 0.6) is 0 Å². The molecular formula is C18H19ClFNOS. The molecule has 2 nitrogen and oxygen atoms in total. The van der Waals surface area contributed by atoms with Gasteiger partial charge in [-0.1, -0.05) is 17.7 Å². The molecule has 4 rings (SSSR count). The molecule has 2 atom stereocenters. The number of hydrogen-bond acceptors (Lipinski definition) is 3. The van der Waals surface area contributed by atoms with Crippen LogP contribution in [-0.4, -0.2) is 18.3 Å². The van der Waals surface area contributed by atoms with Gasteiger partial charge in [-0.15, -0.1) is 11.8 Å². The number of fused-ring (bicyclic) bond motifs is 1. The fraction of sp³-hybridized carbons (Fsp3) is 0.444. The molecule has 2 aliphatic carbocycles. The molecule has 4 aliphatic rings. The Bertz CT molecular complexity index is 658. The molecule has 2 aliphatic heterocycles. The Hall–Kier alpha value is -0.970. The maximum atomic E-state index is 13.5. The molecule has 1 N–H and O–H groups in total. The van der Waals surface area contributed by atoms with E-state index in [2.05, 4.69) is 5.32 Å². The summed E-state index contributed by atoms with van der Waals surface area (Å²) in [5.74, 6) is 1.66. The van der Waals surface area contributed by atoms with Crippen LogP contribution >= 0.6 is 23.4 Å². The Kier molecular flexibility index (Phi) is 4.39. The topological polar surface area (TPSA) is 21.3 Å². The van der Waals surface area contributed by atoms with Gasteiger partial charge in [0.2, 0.25) is 0 Å². The van der Waals surface area contributed by atoms with E-state index in [-0.39, 0.29) is 11.1 Å². The van der Waals surface area contributed by atoms with Crippen molar-refractivity contribution < 1.29 is 9.13 Å². The summed E-state index contributed by atoms with van der Waals surface area (Å²) in [4.78, 5) is 1.28. The second-order valence-electron chi connectivity index (χ2n) is 6.38. The Morgan fingerprint density at radius 1 is 1.26 bits per heavy atom. The lowest BCUT2D eigenvalue weighted by Crippen LogP contribution is -2.33. The second-order valence-corrected chi connectivity index (χ2v) is 8.05. The third-order valence-electron chi connectivity index (χ3n) is 4.87. The zero-order chi connectivity index (χ0) is 15.8. The van der Waals surface area contributed by atoms with Crippen LogP contribution in [0.3, 0.4) is 0 Å². The quantitative estimate of drug-likeness (QED) is 0.734. The van der Waals surface area contributed by atoms with Crippen LogP contribution in [0.1, 0.15) is 19.3 Å². The van der Waals surface area contributed by atoms with Gasteiger partial charge >= 0.3 is 0 Å². The third-order valence-corrected chi connectivity index (χ3v) is 6.58. The Labute approximate surface area is 145 Å². The van der Waals surface area contributed by atoms with Gasteiger partial charge < -0.3 is 10.1 Å². The molecule has 0 radical (unpaired) electrons. The lowest BCUT2D eigenvalue weighted by atomic mass is 9.80. The van der Waals surface area contributed by atoms with E-state index < -0.39 is 0 Å². The first-order valence-electron chi connectivity index (χ1n) is 8.10. The van der Waals surface area contributed by atoms with Crippen molar-refractivity contribution in [2.24, 2.45) is 11.8 Å². The Morgan fingerprint density at radius 3 is 2.91 bits per heavy atom. The molecule has 5 heteroatoms. The predicted octanol–water partition coefficient (Wildman–Crippen LogP) is 4.78. The SMILES string of the molecule is FC1=CC2=COC3=C(SC2C=C1)C(C1CCNCC1)CC(Cl)=C3. The maximum absolute atomic E-state index is 13.5. The lowest BCUT2D eigenvalue weighted by Gasteiger charge is -2.35. The van der Waals surface area contributed by atoms with E-state index in [4.69, 9.17) is 16.3 Å². The van der Waals surface area contributed by atoms with Crippen LogP contribution in [0.4, 0.5) is 4.39 Å². The van der Waals surface area contributed by atoms with Gasteiger partial charge in [0.05, 0.1) is 11.5 Å². The average molecular weight is 352 g/mol. The van der Waals surface area contributed by atoms with Gasteiger partial charge in [0.15, 0.2) is 0 Å². The monoisotopic (exact) mass is 351 g/mol. The van der Waals surface area contributed by atoms with Gasteiger partial charge in [-0.05, 0) is 56.5 Å². The lowest BCUT2D eigenvalue weighted by molar-refractivity contribution is 0.279. The van der Waals surface area contributed by atoms with Crippen molar-refractivity contribution in [1.29, 1.82) is 0 Å². The minimum atomic E-state index is -0.222. The van der Waals surface area contributed by atoms with E-state index in [1.165, 1.54) is 17.7 Å². The number of halogens is 2. The van der Waals surface area contributed by atoms with Crippen LogP contribution in [0.25, 0.3) is 0 Å². The summed E-state index contributed by atoms with van der Waals surface area (Å²) in [5, 5.41) is 4.40. The molecule has 1 saturated heterocycles. The molecule has 1 fully saturated rings. The minimum absolute atomic E-state index is 0.122. The number of piperidine rings is 1. The van der Waals surface area contributed by atoms with Gasteiger partial charge in [-0.25, -0.2) is 4.39 Å². The number of ether oxygens (including phenoxy) is 1. The highest BCUT2D eigenvalue weighted by molar-refractivity contribution is 8.04. The first-order chi connectivity index (χ1) is 11.2. The standard InChI is InChI=1S/C18H19ClFNOS/c19-13-8-15(11-3-5-21-6-4-11)18-16(9-13)22-10-12-7-14(20)1-2-17(12)23-18/h1-2,7,9-11,15,17,21H,3-6,8H2. The van der Waals surface area contributed by atoms with Crippen molar-refractivity contribution in [3.8, 4) is 0 Å². The van der Waals surface area contributed by atoms with Crippen molar-refractivity contribution in [3.05, 3.63) is 57.7 Å². The highest BCUT2D eigenvalue weighted by atomic mass is 35.5. The molecule has 0 aromatic heterocycles. The Morgan fingerprint density at radius 2 is 2.09 bits per heavy atom. The average Bonchev–Trinajstić information content (AvgIpc) is 2.74. The van der Waals surface area contributed by atoms with E-state index in [0.29, 0.717) is 11.8 Å². The van der Waals surface area contributed by atoms with Crippen molar-refractivity contribution in [2.75, 3.05) is 13.1 Å². The zero-order valence-corrected chi connectivity index (χ0v) is 14.3. The molecule has 0 aromatic rings. The minimum Gasteiger partial charge on any atom is -0.464 e. The molecule has 23 heavy (non-hydrogen) atoms. The maximum Gasteiger partial charge on any atom is 0.137 e. The number of hydrogen-bond donors (Lipinski definition) is 1. The molecule has 0 amide bonds. The summed E-state index contributed by atoms with van der Waals surface area (Å²) in [6.07, 6.45) is 11.9. The van der Waals surface area contributed by atoms with Crippen molar-refractivity contribution in [2.45, 2.75) is 24.5 Å². The highest BCUT2D eigenvalue weighted by Gasteiger charge is 2.35. The van der Waals surface area contributed by atoms with Gasteiger partial charge in [-0.3, -0.25) is 0 Å². The van der Waals surface area contributed by atoms with Crippen LogP contribution in [0.2, 0.25) is 0 Å². The summed E-state index contributed by atoms with van der Waals surface area (Å²) >= 11 is 8.19. The largest absolute Gasteiger partial charge is 0.464 e. The summed E-state index contributed by atoms with van der Waals surface area (Å²) in [5.41, 5.74) is 0.873. The molecule has 0 saturated carbocycles. The summed E-state index contributed by atoms with van der Waals surface area (Å²) in [6.45, 7) is 2.13. The van der Waals surface area contributed by atoms with Crippen LogP contribution in [-0.2, 0) is 4.74 Å². The number of nitrogens with one attached hydrogen (secondary N) is 1. The number of thioether (sulfide) groups is 1. The molecule has 0 bridgehead atoms. The smallest absolute Gasteiger partial charge is 0.137 e. The first-order valence-corrected chi connectivity index (χ1v) is 9.36. The van der Waals surface area contributed by atoms with E-state index in [1.54, 1.807) is 30.2 Å². The van der Waals surface area contributed by atoms with Gasteiger partial charge in [0.25, 0.3) is 0 Å². The van der Waals surface area contributed by atoms with Crippen LogP contribution in [0.15, 0.2) is 57.7 Å². The van der Waals surface area contributed by atoms with Gasteiger partial charge in [0.1, 0.15) is 11.6 Å². The first kappa shape index (κ1) is 15.6. The normalized spacial score (nSPS) is 31.3. The van der Waals surface area contributed by atoms with Crippen molar-refractivity contribution in [3.63, 3.8) is 0 Å².